The largest absolute Gasteiger partial charge is 0.327 e. The Kier molecular flexibility index (Phi) is 3.55. The van der Waals surface area contributed by atoms with E-state index in [4.69, 9.17) is 5.73 Å². The second kappa shape index (κ2) is 5.35. The zero-order valence-corrected chi connectivity index (χ0v) is 11.9. The summed E-state index contributed by atoms with van der Waals surface area (Å²) in [5.41, 5.74) is 5.90. The first-order valence-corrected chi connectivity index (χ1v) is 7.50. The molecule has 2 N–H and O–H groups in total. The van der Waals surface area contributed by atoms with Gasteiger partial charge in [-0.25, -0.2) is 4.39 Å². The molecule has 0 fully saturated rings. The van der Waals surface area contributed by atoms with Crippen molar-refractivity contribution in [2.24, 2.45) is 5.73 Å². The Bertz CT molecular complexity index is 707. The molecule has 0 saturated carbocycles. The molecule has 0 radical (unpaired) electrons. The van der Waals surface area contributed by atoms with Gasteiger partial charge in [-0.1, -0.05) is 48.5 Å². The molecule has 3 heteroatoms. The van der Waals surface area contributed by atoms with Crippen molar-refractivity contribution < 1.29 is 4.39 Å². The lowest BCUT2D eigenvalue weighted by molar-refractivity contribution is 0.176. The van der Waals surface area contributed by atoms with Crippen LogP contribution in [0.2, 0.25) is 0 Å². The molecule has 20 heavy (non-hydrogen) atoms. The van der Waals surface area contributed by atoms with Crippen molar-refractivity contribution >= 4 is 21.4 Å². The third-order valence-electron chi connectivity index (χ3n) is 3.65. The van der Waals surface area contributed by atoms with Crippen LogP contribution in [0.25, 0.3) is 10.1 Å². The summed E-state index contributed by atoms with van der Waals surface area (Å²) in [4.78, 5) is 0. The zero-order valence-electron chi connectivity index (χ0n) is 11.1. The first-order valence-electron chi connectivity index (χ1n) is 6.62. The lowest BCUT2D eigenvalue weighted by atomic mass is 9.89. The number of hydrogen-bond acceptors (Lipinski definition) is 2. The van der Waals surface area contributed by atoms with Gasteiger partial charge in [0, 0.05) is 17.7 Å². The van der Waals surface area contributed by atoms with E-state index < -0.39 is 5.67 Å². The average molecular weight is 285 g/mol. The predicted octanol–water partition coefficient (Wildman–Crippen LogP) is 4.27. The van der Waals surface area contributed by atoms with Crippen LogP contribution in [-0.4, -0.2) is 6.54 Å². The minimum absolute atomic E-state index is 0.0127. The van der Waals surface area contributed by atoms with Crippen LogP contribution in [0.3, 0.4) is 0 Å². The Morgan fingerprint density at radius 1 is 1.00 bits per heavy atom. The van der Waals surface area contributed by atoms with Crippen LogP contribution >= 0.6 is 11.3 Å². The first-order chi connectivity index (χ1) is 9.73. The molecule has 0 aliphatic carbocycles. The fraction of sp³-hybridized carbons (Fsp3) is 0.176. The normalized spacial score (nSPS) is 14.3. The van der Waals surface area contributed by atoms with E-state index in [1.165, 1.54) is 4.70 Å². The number of halogens is 1. The van der Waals surface area contributed by atoms with Crippen LogP contribution in [0.15, 0.2) is 60.0 Å². The molecule has 1 heterocycles. The lowest BCUT2D eigenvalue weighted by Crippen LogP contribution is -2.32. The van der Waals surface area contributed by atoms with E-state index in [9.17, 15) is 0 Å². The van der Waals surface area contributed by atoms with Gasteiger partial charge in [-0.2, -0.15) is 0 Å². The van der Waals surface area contributed by atoms with Gasteiger partial charge in [0.05, 0.1) is 0 Å². The molecule has 1 unspecified atom stereocenters. The van der Waals surface area contributed by atoms with Crippen LogP contribution in [0.4, 0.5) is 4.39 Å². The van der Waals surface area contributed by atoms with Crippen LogP contribution in [0.1, 0.15) is 11.1 Å². The number of rotatable bonds is 4. The molecule has 0 spiro atoms. The molecule has 1 nitrogen and oxygen atoms in total. The van der Waals surface area contributed by atoms with E-state index in [2.05, 4.69) is 6.07 Å². The number of hydrogen-bond donors (Lipinski definition) is 1. The van der Waals surface area contributed by atoms with E-state index in [1.807, 2.05) is 41.8 Å². The van der Waals surface area contributed by atoms with Gasteiger partial charge in [-0.05, 0) is 28.0 Å². The molecule has 1 atom stereocenters. The maximum Gasteiger partial charge on any atom is 0.152 e. The standard InChI is InChI=1S/C17H16FNS/c18-17(12-19,14-6-2-1-3-7-14)10-13-11-20-16-9-5-4-8-15(13)16/h1-9,11H,10,12,19H2. The van der Waals surface area contributed by atoms with Gasteiger partial charge in [0.15, 0.2) is 5.67 Å². The Balaban J connectivity index is 1.99. The monoisotopic (exact) mass is 285 g/mol. The van der Waals surface area contributed by atoms with E-state index in [0.717, 1.165) is 10.9 Å². The second-order valence-corrected chi connectivity index (χ2v) is 5.88. The number of nitrogens with two attached hydrogens (primary N) is 1. The highest BCUT2D eigenvalue weighted by atomic mass is 32.1. The van der Waals surface area contributed by atoms with E-state index in [-0.39, 0.29) is 6.54 Å². The first kappa shape index (κ1) is 13.3. The fourth-order valence-electron chi connectivity index (χ4n) is 2.50. The molecule has 1 aromatic heterocycles. The Hall–Kier alpha value is -1.71. The molecule has 2 aromatic carbocycles. The quantitative estimate of drug-likeness (QED) is 0.761. The minimum atomic E-state index is -1.51. The van der Waals surface area contributed by atoms with Gasteiger partial charge in [-0.3, -0.25) is 0 Å². The number of alkyl halides is 1. The predicted molar refractivity (Wildman–Crippen MR) is 83.8 cm³/mol. The molecule has 0 bridgehead atoms. The van der Waals surface area contributed by atoms with Gasteiger partial charge in [-0.15, -0.1) is 11.3 Å². The van der Waals surface area contributed by atoms with Gasteiger partial charge in [0.2, 0.25) is 0 Å². The number of benzene rings is 2. The van der Waals surface area contributed by atoms with Crippen molar-refractivity contribution in [3.63, 3.8) is 0 Å². The highest BCUT2D eigenvalue weighted by Crippen LogP contribution is 2.34. The molecule has 0 saturated heterocycles. The van der Waals surface area contributed by atoms with Crippen molar-refractivity contribution in [1.82, 2.24) is 0 Å². The Labute approximate surface area is 121 Å². The third-order valence-corrected chi connectivity index (χ3v) is 4.66. The maximum absolute atomic E-state index is 15.2. The SMILES string of the molecule is NCC(F)(Cc1csc2ccccc12)c1ccccc1. The summed E-state index contributed by atoms with van der Waals surface area (Å²) in [7, 11) is 0. The van der Waals surface area contributed by atoms with Gasteiger partial charge in [0.1, 0.15) is 0 Å². The summed E-state index contributed by atoms with van der Waals surface area (Å²) in [5.74, 6) is 0. The summed E-state index contributed by atoms with van der Waals surface area (Å²) in [6, 6.07) is 17.3. The molecule has 102 valence electrons. The van der Waals surface area contributed by atoms with E-state index >= 15 is 4.39 Å². The highest BCUT2D eigenvalue weighted by molar-refractivity contribution is 7.17. The maximum atomic E-state index is 15.2. The third kappa shape index (κ3) is 2.35. The Morgan fingerprint density at radius 2 is 1.70 bits per heavy atom. The highest BCUT2D eigenvalue weighted by Gasteiger charge is 2.31. The number of thiophene rings is 1. The molecule has 0 aliphatic rings. The molecular weight excluding hydrogens is 269 g/mol. The topological polar surface area (TPSA) is 26.0 Å². The van der Waals surface area contributed by atoms with Gasteiger partial charge in [0.25, 0.3) is 0 Å². The summed E-state index contributed by atoms with van der Waals surface area (Å²) < 4.78 is 16.4. The summed E-state index contributed by atoms with van der Waals surface area (Å²) in [6.45, 7) is -0.0127. The fourth-order valence-corrected chi connectivity index (χ4v) is 3.46. The van der Waals surface area contributed by atoms with Crippen LogP contribution < -0.4 is 5.73 Å². The summed E-state index contributed by atoms with van der Waals surface area (Å²) in [6.07, 6.45) is 0.317. The van der Waals surface area contributed by atoms with E-state index in [0.29, 0.717) is 12.0 Å². The molecule has 3 aromatic rings. The van der Waals surface area contributed by atoms with Crippen molar-refractivity contribution in [3.05, 3.63) is 71.1 Å². The smallest absolute Gasteiger partial charge is 0.152 e. The van der Waals surface area contributed by atoms with E-state index in [1.54, 1.807) is 23.5 Å². The Morgan fingerprint density at radius 3 is 2.45 bits per heavy atom. The minimum Gasteiger partial charge on any atom is -0.327 e. The summed E-state index contributed by atoms with van der Waals surface area (Å²) >= 11 is 1.65. The molecule has 0 amide bonds. The van der Waals surface area contributed by atoms with Crippen LogP contribution in [0, 0.1) is 0 Å². The van der Waals surface area contributed by atoms with Crippen molar-refractivity contribution in [2.45, 2.75) is 12.1 Å². The van der Waals surface area contributed by atoms with Crippen LogP contribution in [-0.2, 0) is 12.1 Å². The van der Waals surface area contributed by atoms with Crippen molar-refractivity contribution in [1.29, 1.82) is 0 Å². The molecule has 0 aliphatic heterocycles. The van der Waals surface area contributed by atoms with Gasteiger partial charge >= 0.3 is 0 Å². The number of fused-ring (bicyclic) bond motifs is 1. The van der Waals surface area contributed by atoms with Crippen LogP contribution in [0.5, 0.6) is 0 Å². The average Bonchev–Trinajstić information content (AvgIpc) is 2.91. The lowest BCUT2D eigenvalue weighted by Gasteiger charge is -2.24. The second-order valence-electron chi connectivity index (χ2n) is 4.97. The molecule has 3 rings (SSSR count). The van der Waals surface area contributed by atoms with Crippen molar-refractivity contribution in [3.8, 4) is 0 Å². The van der Waals surface area contributed by atoms with Gasteiger partial charge < -0.3 is 5.73 Å². The zero-order chi connectivity index (χ0) is 14.0. The van der Waals surface area contributed by atoms with Crippen molar-refractivity contribution in [2.75, 3.05) is 6.54 Å². The molecular formula is C17H16FNS. The summed E-state index contributed by atoms with van der Waals surface area (Å²) in [5, 5.41) is 3.17.